The van der Waals surface area contributed by atoms with Crippen molar-refractivity contribution in [3.8, 4) is 11.5 Å². The molecule has 0 radical (unpaired) electrons. The van der Waals surface area contributed by atoms with Gasteiger partial charge in [-0.25, -0.2) is 0 Å². The minimum Gasteiger partial charge on any atom is -0.496 e. The number of nitrogens with one attached hydrogen (secondary N) is 1. The lowest BCUT2D eigenvalue weighted by atomic mass is 10.1. The lowest BCUT2D eigenvalue weighted by Crippen LogP contribution is -2.37. The molecular weight excluding hydrogens is 302 g/mol. The van der Waals surface area contributed by atoms with E-state index in [1.807, 2.05) is 57.2 Å². The molecule has 128 valence electrons. The number of aryl methyl sites for hydroxylation is 2. The van der Waals surface area contributed by atoms with Gasteiger partial charge in [0, 0.05) is 12.1 Å². The van der Waals surface area contributed by atoms with E-state index in [-0.39, 0.29) is 5.91 Å². The van der Waals surface area contributed by atoms with Gasteiger partial charge in [0.1, 0.15) is 11.5 Å². The Kier molecular flexibility index (Phi) is 6.24. The molecule has 0 bridgehead atoms. The smallest absolute Gasteiger partial charge is 0.261 e. The minimum absolute atomic E-state index is 0.123. The van der Waals surface area contributed by atoms with Crippen LogP contribution in [0.1, 0.15) is 30.0 Å². The zero-order chi connectivity index (χ0) is 17.5. The van der Waals surface area contributed by atoms with Gasteiger partial charge in [0.05, 0.1) is 7.11 Å². The van der Waals surface area contributed by atoms with Crippen molar-refractivity contribution in [2.45, 2.75) is 39.8 Å². The molecule has 4 nitrogen and oxygen atoms in total. The van der Waals surface area contributed by atoms with Gasteiger partial charge in [-0.05, 0) is 49.6 Å². The number of para-hydroxylation sites is 1. The Morgan fingerprint density at radius 1 is 1.12 bits per heavy atom. The van der Waals surface area contributed by atoms with E-state index in [4.69, 9.17) is 9.47 Å². The topological polar surface area (TPSA) is 47.6 Å². The molecule has 24 heavy (non-hydrogen) atoms. The number of benzene rings is 2. The van der Waals surface area contributed by atoms with E-state index in [2.05, 4.69) is 11.4 Å². The second-order valence-electron chi connectivity index (χ2n) is 5.87. The first-order valence-electron chi connectivity index (χ1n) is 8.18. The maximum absolute atomic E-state index is 12.4. The molecule has 0 saturated heterocycles. The number of rotatable bonds is 7. The van der Waals surface area contributed by atoms with Gasteiger partial charge in [0.15, 0.2) is 6.10 Å². The van der Waals surface area contributed by atoms with E-state index in [1.165, 1.54) is 0 Å². The molecule has 0 aliphatic rings. The first kappa shape index (κ1) is 17.9. The predicted octanol–water partition coefficient (Wildman–Crippen LogP) is 3.79. The average molecular weight is 327 g/mol. The van der Waals surface area contributed by atoms with Crippen LogP contribution in [-0.2, 0) is 11.3 Å². The number of amides is 1. The Bertz CT molecular complexity index is 677. The van der Waals surface area contributed by atoms with Crippen LogP contribution >= 0.6 is 0 Å². The third kappa shape index (κ3) is 4.75. The molecular formula is C20H25NO3. The van der Waals surface area contributed by atoms with Crippen LogP contribution in [0.15, 0.2) is 42.5 Å². The summed E-state index contributed by atoms with van der Waals surface area (Å²) in [6.07, 6.45) is 0.0889. The molecule has 0 spiro atoms. The van der Waals surface area contributed by atoms with Gasteiger partial charge in [-0.3, -0.25) is 4.79 Å². The fraction of sp³-hybridized carbons (Fsp3) is 0.350. The van der Waals surface area contributed by atoms with Crippen LogP contribution in [0, 0.1) is 13.8 Å². The quantitative estimate of drug-likeness (QED) is 0.842. The summed E-state index contributed by atoms with van der Waals surface area (Å²) in [6.45, 7) is 6.39. The lowest BCUT2D eigenvalue weighted by molar-refractivity contribution is -0.128. The summed E-state index contributed by atoms with van der Waals surface area (Å²) >= 11 is 0. The summed E-state index contributed by atoms with van der Waals surface area (Å²) in [7, 11) is 1.62. The third-order valence-electron chi connectivity index (χ3n) is 3.78. The van der Waals surface area contributed by atoms with Crippen molar-refractivity contribution < 1.29 is 14.3 Å². The fourth-order valence-electron chi connectivity index (χ4n) is 2.63. The molecule has 0 aliphatic heterocycles. The molecule has 0 heterocycles. The standard InChI is InChI=1S/C20H25NO3/c1-5-18(24-17-11-14(2)10-15(3)12-17)20(22)21-13-16-8-6-7-9-19(16)23-4/h6-12,18H,5,13H2,1-4H3,(H,21,22)/t18-/m0/s1. The fourth-order valence-corrected chi connectivity index (χ4v) is 2.63. The highest BCUT2D eigenvalue weighted by molar-refractivity contribution is 5.81. The summed E-state index contributed by atoms with van der Waals surface area (Å²) in [5.74, 6) is 1.37. The monoisotopic (exact) mass is 327 g/mol. The highest BCUT2D eigenvalue weighted by Crippen LogP contribution is 2.19. The third-order valence-corrected chi connectivity index (χ3v) is 3.78. The molecule has 0 aliphatic carbocycles. The van der Waals surface area contributed by atoms with E-state index in [0.717, 1.165) is 28.2 Å². The van der Waals surface area contributed by atoms with Crippen molar-refractivity contribution in [2.75, 3.05) is 7.11 Å². The van der Waals surface area contributed by atoms with Crippen molar-refractivity contribution in [1.29, 1.82) is 0 Å². The van der Waals surface area contributed by atoms with E-state index in [1.54, 1.807) is 7.11 Å². The van der Waals surface area contributed by atoms with Crippen LogP contribution in [0.4, 0.5) is 0 Å². The Morgan fingerprint density at radius 2 is 1.79 bits per heavy atom. The Labute approximate surface area is 143 Å². The zero-order valence-corrected chi connectivity index (χ0v) is 14.8. The molecule has 2 rings (SSSR count). The molecule has 0 aromatic heterocycles. The molecule has 2 aromatic rings. The van der Waals surface area contributed by atoms with Crippen LogP contribution in [0.5, 0.6) is 11.5 Å². The number of hydrogen-bond acceptors (Lipinski definition) is 3. The normalized spacial score (nSPS) is 11.7. The zero-order valence-electron chi connectivity index (χ0n) is 14.8. The van der Waals surface area contributed by atoms with Crippen LogP contribution in [0.2, 0.25) is 0 Å². The van der Waals surface area contributed by atoms with Crippen molar-refractivity contribution in [1.82, 2.24) is 5.32 Å². The Balaban J connectivity index is 2.01. The summed E-state index contributed by atoms with van der Waals surface area (Å²) in [4.78, 5) is 12.4. The van der Waals surface area contributed by atoms with Crippen molar-refractivity contribution in [3.63, 3.8) is 0 Å². The SMILES string of the molecule is CC[C@H](Oc1cc(C)cc(C)c1)C(=O)NCc1ccccc1OC. The summed E-state index contributed by atoms with van der Waals surface area (Å²) in [5, 5.41) is 2.93. The first-order valence-corrected chi connectivity index (χ1v) is 8.18. The largest absolute Gasteiger partial charge is 0.496 e. The van der Waals surface area contributed by atoms with Crippen molar-refractivity contribution in [2.24, 2.45) is 0 Å². The maximum atomic E-state index is 12.4. The van der Waals surface area contributed by atoms with Gasteiger partial charge in [0.2, 0.25) is 0 Å². The average Bonchev–Trinajstić information content (AvgIpc) is 2.57. The molecule has 0 unspecified atom stereocenters. The van der Waals surface area contributed by atoms with Gasteiger partial charge < -0.3 is 14.8 Å². The number of carbonyl (C=O) groups excluding carboxylic acids is 1. The van der Waals surface area contributed by atoms with Gasteiger partial charge in [-0.1, -0.05) is 31.2 Å². The second-order valence-corrected chi connectivity index (χ2v) is 5.87. The van der Waals surface area contributed by atoms with Crippen molar-refractivity contribution >= 4 is 5.91 Å². The van der Waals surface area contributed by atoms with Gasteiger partial charge in [0.25, 0.3) is 5.91 Å². The molecule has 4 heteroatoms. The number of methoxy groups -OCH3 is 1. The van der Waals surface area contributed by atoms with E-state index >= 15 is 0 Å². The highest BCUT2D eigenvalue weighted by atomic mass is 16.5. The second kappa shape index (κ2) is 8.39. The van der Waals surface area contributed by atoms with E-state index < -0.39 is 6.10 Å². The Morgan fingerprint density at radius 3 is 2.42 bits per heavy atom. The van der Waals surface area contributed by atoms with Gasteiger partial charge in [-0.15, -0.1) is 0 Å². The molecule has 2 aromatic carbocycles. The number of ether oxygens (including phenoxy) is 2. The summed E-state index contributed by atoms with van der Waals surface area (Å²) < 4.78 is 11.2. The summed E-state index contributed by atoms with van der Waals surface area (Å²) in [5.41, 5.74) is 3.18. The highest BCUT2D eigenvalue weighted by Gasteiger charge is 2.18. The maximum Gasteiger partial charge on any atom is 0.261 e. The number of hydrogen-bond donors (Lipinski definition) is 1. The van der Waals surface area contributed by atoms with Crippen LogP contribution in [0.25, 0.3) is 0 Å². The van der Waals surface area contributed by atoms with Crippen LogP contribution in [-0.4, -0.2) is 19.1 Å². The molecule has 1 atom stereocenters. The molecule has 1 N–H and O–H groups in total. The lowest BCUT2D eigenvalue weighted by Gasteiger charge is -2.18. The minimum atomic E-state index is -0.513. The van der Waals surface area contributed by atoms with Gasteiger partial charge >= 0.3 is 0 Å². The Hall–Kier alpha value is -2.49. The molecule has 1 amide bonds. The van der Waals surface area contributed by atoms with Crippen molar-refractivity contribution in [3.05, 3.63) is 59.2 Å². The number of carbonyl (C=O) groups is 1. The molecule has 0 fully saturated rings. The van der Waals surface area contributed by atoms with Gasteiger partial charge in [-0.2, -0.15) is 0 Å². The van der Waals surface area contributed by atoms with E-state index in [9.17, 15) is 4.79 Å². The first-order chi connectivity index (χ1) is 11.5. The molecule has 0 saturated carbocycles. The summed E-state index contributed by atoms with van der Waals surface area (Å²) in [6, 6.07) is 13.6. The predicted molar refractivity (Wildman–Crippen MR) is 95.5 cm³/mol. The van der Waals surface area contributed by atoms with Crippen LogP contribution in [0.3, 0.4) is 0 Å². The van der Waals surface area contributed by atoms with Crippen LogP contribution < -0.4 is 14.8 Å². The van der Waals surface area contributed by atoms with E-state index in [0.29, 0.717) is 13.0 Å².